The van der Waals surface area contributed by atoms with Crippen LogP contribution in [0.5, 0.6) is 0 Å². The number of nitrogens with one attached hydrogen (secondary N) is 2. The Morgan fingerprint density at radius 2 is 1.78 bits per heavy atom. The van der Waals surface area contributed by atoms with Crippen molar-refractivity contribution in [1.29, 1.82) is 0 Å². The van der Waals surface area contributed by atoms with Crippen molar-refractivity contribution in [3.8, 4) is 0 Å². The molecule has 0 radical (unpaired) electrons. The molecule has 0 unspecified atom stereocenters. The van der Waals surface area contributed by atoms with Gasteiger partial charge >= 0.3 is 0 Å². The average molecular weight is 294 g/mol. The molecular weight excluding hydrogens is 280 g/mol. The van der Waals surface area contributed by atoms with E-state index in [9.17, 15) is 10.2 Å². The molecule has 0 fully saturated rings. The highest BCUT2D eigenvalue weighted by Crippen LogP contribution is 1.95. The summed E-state index contributed by atoms with van der Waals surface area (Å²) in [4.78, 5) is 0. The Kier molecular flexibility index (Phi) is 7.98. The number of hydrazone groups is 2. The van der Waals surface area contributed by atoms with Crippen molar-refractivity contribution in [1.82, 2.24) is 10.9 Å². The van der Waals surface area contributed by atoms with Gasteiger partial charge in [-0.2, -0.15) is 10.2 Å². The first-order chi connectivity index (χ1) is 8.38. The summed E-state index contributed by atoms with van der Waals surface area (Å²) < 4.78 is 0. The molecule has 0 aromatic carbocycles. The number of rotatable bonds is 6. The Hall–Kier alpha value is -1.40. The van der Waals surface area contributed by atoms with Crippen molar-refractivity contribution >= 4 is 46.6 Å². The Bertz CT molecular complexity index is 361. The van der Waals surface area contributed by atoms with Crippen LogP contribution in [0.25, 0.3) is 0 Å². The maximum Gasteiger partial charge on any atom is 0.184 e. The van der Waals surface area contributed by atoms with Gasteiger partial charge in [-0.05, 0) is 24.4 Å². The van der Waals surface area contributed by atoms with Gasteiger partial charge in [0, 0.05) is 0 Å². The van der Waals surface area contributed by atoms with Gasteiger partial charge in [-0.25, -0.2) is 0 Å². The van der Waals surface area contributed by atoms with Crippen molar-refractivity contribution in [2.24, 2.45) is 21.7 Å². The topological polar surface area (TPSA) is 162 Å². The SMILES string of the molecule is NC(=S)N/N=C\C(=N\NC(N)=S)[C@@H](O)[C@@H](O)CO. The summed E-state index contributed by atoms with van der Waals surface area (Å²) >= 11 is 9.01. The lowest BCUT2D eigenvalue weighted by atomic mass is 10.1. The average Bonchev–Trinajstić information content (AvgIpc) is 2.30. The Morgan fingerprint density at radius 1 is 1.22 bits per heavy atom. The predicted molar refractivity (Wildman–Crippen MR) is 74.9 cm³/mol. The first-order valence-corrected chi connectivity index (χ1v) is 5.38. The number of nitrogens with zero attached hydrogens (tertiary/aromatic N) is 2. The predicted octanol–water partition coefficient (Wildman–Crippen LogP) is -3.29. The van der Waals surface area contributed by atoms with E-state index in [-0.39, 0.29) is 15.9 Å². The van der Waals surface area contributed by atoms with E-state index in [4.69, 9.17) is 16.6 Å². The maximum atomic E-state index is 9.61. The molecule has 0 heterocycles. The number of nitrogens with two attached hydrogens (primary N) is 2. The molecule has 0 aromatic heterocycles. The third kappa shape index (κ3) is 7.03. The van der Waals surface area contributed by atoms with Gasteiger partial charge in [0.1, 0.15) is 17.9 Å². The molecule has 0 amide bonds. The van der Waals surface area contributed by atoms with Crippen LogP contribution in [-0.2, 0) is 0 Å². The van der Waals surface area contributed by atoms with Crippen LogP contribution in [0.1, 0.15) is 0 Å². The molecule has 0 saturated heterocycles. The van der Waals surface area contributed by atoms with E-state index in [0.717, 1.165) is 6.21 Å². The van der Waals surface area contributed by atoms with Crippen molar-refractivity contribution in [2.45, 2.75) is 12.2 Å². The number of aliphatic hydroxyl groups is 3. The molecule has 0 saturated carbocycles. The van der Waals surface area contributed by atoms with Crippen LogP contribution in [0.2, 0.25) is 0 Å². The Labute approximate surface area is 114 Å². The van der Waals surface area contributed by atoms with Gasteiger partial charge in [-0.1, -0.05) is 0 Å². The zero-order valence-electron chi connectivity index (χ0n) is 9.15. The fourth-order valence-corrected chi connectivity index (χ4v) is 0.848. The number of hydrogen-bond acceptors (Lipinski definition) is 7. The second-order valence-corrected chi connectivity index (χ2v) is 3.82. The molecule has 0 spiro atoms. The van der Waals surface area contributed by atoms with Gasteiger partial charge in [0.05, 0.1) is 12.8 Å². The third-order valence-electron chi connectivity index (χ3n) is 1.52. The molecule has 0 bridgehead atoms. The van der Waals surface area contributed by atoms with E-state index in [1.54, 1.807) is 0 Å². The zero-order chi connectivity index (χ0) is 14.1. The van der Waals surface area contributed by atoms with E-state index < -0.39 is 18.8 Å². The van der Waals surface area contributed by atoms with E-state index in [1.807, 2.05) is 0 Å². The molecule has 9 nitrogen and oxygen atoms in total. The molecule has 0 aliphatic heterocycles. The first-order valence-electron chi connectivity index (χ1n) is 4.57. The van der Waals surface area contributed by atoms with Crippen LogP contribution >= 0.6 is 24.4 Å². The fourth-order valence-electron chi connectivity index (χ4n) is 0.750. The minimum atomic E-state index is -1.49. The zero-order valence-corrected chi connectivity index (χ0v) is 10.8. The first kappa shape index (κ1) is 16.6. The van der Waals surface area contributed by atoms with Gasteiger partial charge in [0.2, 0.25) is 0 Å². The quantitative estimate of drug-likeness (QED) is 0.151. The lowest BCUT2D eigenvalue weighted by molar-refractivity contribution is 0.0191. The summed E-state index contributed by atoms with van der Waals surface area (Å²) in [5.41, 5.74) is 14.6. The number of aliphatic hydroxyl groups excluding tert-OH is 3. The van der Waals surface area contributed by atoms with E-state index in [0.29, 0.717) is 0 Å². The van der Waals surface area contributed by atoms with Crippen molar-refractivity contribution in [3.05, 3.63) is 0 Å². The summed E-state index contributed by atoms with van der Waals surface area (Å²) in [7, 11) is 0. The van der Waals surface area contributed by atoms with Crippen molar-refractivity contribution < 1.29 is 15.3 Å². The second kappa shape index (κ2) is 8.66. The number of hydrogen-bond donors (Lipinski definition) is 7. The molecule has 0 aliphatic rings. The summed E-state index contributed by atoms with van der Waals surface area (Å²) in [6.07, 6.45) is -1.89. The van der Waals surface area contributed by atoms with Crippen molar-refractivity contribution in [2.75, 3.05) is 6.61 Å². The summed E-state index contributed by atoms with van der Waals surface area (Å²) in [6.45, 7) is -0.663. The Morgan fingerprint density at radius 3 is 2.22 bits per heavy atom. The molecule has 2 atom stereocenters. The van der Waals surface area contributed by atoms with E-state index in [1.165, 1.54) is 0 Å². The minimum absolute atomic E-state index is 0.0925. The molecule has 0 rings (SSSR count). The Balaban J connectivity index is 4.81. The fraction of sp³-hybridized carbons (Fsp3) is 0.429. The van der Waals surface area contributed by atoms with Crippen LogP contribution in [-0.4, -0.2) is 56.3 Å². The standard InChI is InChI=1S/C7H14N6O3S2/c8-6(17)12-10-1-3(11-13-7(9)18)5(16)4(15)2-14/h1,4-5,14-16H,2H2,(H3,8,12,17)(H3,9,13,18)/b10-1-,11-3-/t4-,5+/m0/s1. The van der Waals surface area contributed by atoms with Crippen LogP contribution < -0.4 is 22.3 Å². The molecule has 102 valence electrons. The monoisotopic (exact) mass is 294 g/mol. The third-order valence-corrected chi connectivity index (χ3v) is 1.70. The number of thiocarbonyl (C=S) groups is 2. The molecular formula is C7H14N6O3S2. The summed E-state index contributed by atoms with van der Waals surface area (Å²) in [6, 6.07) is 0. The summed E-state index contributed by atoms with van der Waals surface area (Å²) in [5.74, 6) is 0. The molecule has 18 heavy (non-hydrogen) atoms. The van der Waals surface area contributed by atoms with Gasteiger partial charge in [0.25, 0.3) is 0 Å². The van der Waals surface area contributed by atoms with Crippen molar-refractivity contribution in [3.63, 3.8) is 0 Å². The highest BCUT2D eigenvalue weighted by molar-refractivity contribution is 7.80. The lowest BCUT2D eigenvalue weighted by Crippen LogP contribution is -2.39. The second-order valence-electron chi connectivity index (χ2n) is 2.94. The molecule has 11 heteroatoms. The highest BCUT2D eigenvalue weighted by Gasteiger charge is 2.20. The van der Waals surface area contributed by atoms with Gasteiger partial charge < -0.3 is 26.8 Å². The minimum Gasteiger partial charge on any atom is -0.394 e. The molecule has 9 N–H and O–H groups in total. The largest absolute Gasteiger partial charge is 0.394 e. The van der Waals surface area contributed by atoms with Gasteiger partial charge in [-0.3, -0.25) is 10.9 Å². The van der Waals surface area contributed by atoms with Crippen LogP contribution in [0.3, 0.4) is 0 Å². The highest BCUT2D eigenvalue weighted by atomic mass is 32.1. The normalized spacial score (nSPS) is 15.2. The van der Waals surface area contributed by atoms with E-state index >= 15 is 0 Å². The lowest BCUT2D eigenvalue weighted by Gasteiger charge is -2.15. The van der Waals surface area contributed by atoms with Crippen LogP contribution in [0.15, 0.2) is 10.2 Å². The smallest absolute Gasteiger partial charge is 0.184 e. The maximum absolute atomic E-state index is 9.61. The van der Waals surface area contributed by atoms with Gasteiger partial charge in [0.15, 0.2) is 10.2 Å². The summed E-state index contributed by atoms with van der Waals surface area (Å²) in [5, 5.41) is 34.5. The molecule has 0 aromatic rings. The molecule has 0 aliphatic carbocycles. The van der Waals surface area contributed by atoms with Crippen LogP contribution in [0.4, 0.5) is 0 Å². The van der Waals surface area contributed by atoms with Gasteiger partial charge in [-0.15, -0.1) is 0 Å². The van der Waals surface area contributed by atoms with E-state index in [2.05, 4.69) is 45.5 Å². The van der Waals surface area contributed by atoms with Crippen LogP contribution in [0, 0.1) is 0 Å².